The molecule has 0 amide bonds. The van der Waals surface area contributed by atoms with Crippen LogP contribution in [0.3, 0.4) is 0 Å². The van der Waals surface area contributed by atoms with Gasteiger partial charge in [0, 0.05) is 15.3 Å². The van der Waals surface area contributed by atoms with Gasteiger partial charge in [-0.3, -0.25) is 0 Å². The van der Waals surface area contributed by atoms with Crippen LogP contribution in [-0.2, 0) is 6.42 Å². The summed E-state index contributed by atoms with van der Waals surface area (Å²) in [7, 11) is 0. The predicted octanol–water partition coefficient (Wildman–Crippen LogP) is 5.23. The van der Waals surface area contributed by atoms with Crippen molar-refractivity contribution in [1.29, 1.82) is 0 Å². The number of aryl methyl sites for hydroxylation is 1. The van der Waals surface area contributed by atoms with E-state index in [0.29, 0.717) is 10.9 Å². The Morgan fingerprint density at radius 3 is 2.72 bits per heavy atom. The number of ether oxygens (including phenoxy) is 1. The fraction of sp³-hybridized carbons (Fsp3) is 0.600. The lowest BCUT2D eigenvalue weighted by atomic mass is 9.65. The highest BCUT2D eigenvalue weighted by Crippen LogP contribution is 2.50. The van der Waals surface area contributed by atoms with E-state index in [9.17, 15) is 0 Å². The smallest absolute Gasteiger partial charge is 0.120 e. The van der Waals surface area contributed by atoms with Crippen LogP contribution in [0.2, 0.25) is 5.02 Å². The first kappa shape index (κ1) is 14.2. The molecule has 0 aromatic heterocycles. The monoisotopic (exact) mass is 330 g/mol. The van der Waals surface area contributed by atoms with Crippen molar-refractivity contribution < 1.29 is 4.74 Å². The molecule has 18 heavy (non-hydrogen) atoms. The molecule has 0 N–H and O–H groups in total. The lowest BCUT2D eigenvalue weighted by Crippen LogP contribution is -2.54. The molecule has 0 heterocycles. The largest absolute Gasteiger partial charge is 0.490 e. The van der Waals surface area contributed by atoms with Crippen LogP contribution in [0.1, 0.15) is 39.2 Å². The summed E-state index contributed by atoms with van der Waals surface area (Å²) in [6, 6.07) is 5.97. The van der Waals surface area contributed by atoms with Crippen molar-refractivity contribution in [3.63, 3.8) is 0 Å². The summed E-state index contributed by atoms with van der Waals surface area (Å²) in [5, 5.41) is 0.829. The second-order valence-electron chi connectivity index (χ2n) is 5.28. The SMILES string of the molecule is CCc1cc(OC2CC(Br)C2(C)CC)ccc1Cl. The molecule has 0 aliphatic heterocycles. The van der Waals surface area contributed by atoms with Crippen molar-refractivity contribution >= 4 is 27.5 Å². The summed E-state index contributed by atoms with van der Waals surface area (Å²) in [5.74, 6) is 0.945. The normalized spacial score (nSPS) is 30.9. The molecule has 0 saturated heterocycles. The maximum absolute atomic E-state index is 6.14. The van der Waals surface area contributed by atoms with Crippen LogP contribution in [0.4, 0.5) is 0 Å². The third kappa shape index (κ3) is 2.42. The molecule has 2 rings (SSSR count). The van der Waals surface area contributed by atoms with E-state index in [1.807, 2.05) is 12.1 Å². The third-order valence-electron chi connectivity index (χ3n) is 4.31. The van der Waals surface area contributed by atoms with Gasteiger partial charge in [-0.2, -0.15) is 0 Å². The number of hydrogen-bond donors (Lipinski definition) is 0. The van der Waals surface area contributed by atoms with E-state index in [0.717, 1.165) is 35.6 Å². The Morgan fingerprint density at radius 1 is 1.44 bits per heavy atom. The zero-order chi connectivity index (χ0) is 13.3. The van der Waals surface area contributed by atoms with Gasteiger partial charge in [0.05, 0.1) is 0 Å². The molecule has 1 aromatic rings. The average molecular weight is 332 g/mol. The number of rotatable bonds is 4. The first-order valence-corrected chi connectivity index (χ1v) is 7.89. The maximum atomic E-state index is 6.14. The van der Waals surface area contributed by atoms with Crippen LogP contribution in [0.15, 0.2) is 18.2 Å². The van der Waals surface area contributed by atoms with Gasteiger partial charge >= 0.3 is 0 Å². The first-order chi connectivity index (χ1) is 8.51. The van der Waals surface area contributed by atoms with E-state index in [4.69, 9.17) is 16.3 Å². The summed E-state index contributed by atoms with van der Waals surface area (Å²) in [4.78, 5) is 0.568. The summed E-state index contributed by atoms with van der Waals surface area (Å²) in [6.45, 7) is 6.62. The van der Waals surface area contributed by atoms with Gasteiger partial charge in [0.2, 0.25) is 0 Å². The summed E-state index contributed by atoms with van der Waals surface area (Å²) < 4.78 is 6.14. The van der Waals surface area contributed by atoms with E-state index < -0.39 is 0 Å². The fourth-order valence-corrected chi connectivity index (χ4v) is 3.67. The van der Waals surface area contributed by atoms with Crippen molar-refractivity contribution in [3.8, 4) is 5.75 Å². The quantitative estimate of drug-likeness (QED) is 0.686. The molecule has 0 bridgehead atoms. The molecular weight excluding hydrogens is 312 g/mol. The third-order valence-corrected chi connectivity index (χ3v) is 6.10. The fourth-order valence-electron chi connectivity index (χ4n) is 2.46. The molecule has 0 radical (unpaired) electrons. The second kappa shape index (κ2) is 5.42. The Balaban J connectivity index is 2.11. The van der Waals surface area contributed by atoms with Gasteiger partial charge in [-0.1, -0.05) is 48.3 Å². The topological polar surface area (TPSA) is 9.23 Å². The Morgan fingerprint density at radius 2 is 2.17 bits per heavy atom. The summed E-state index contributed by atoms with van der Waals surface area (Å²) >= 11 is 9.86. The Bertz CT molecular complexity index is 435. The minimum Gasteiger partial charge on any atom is -0.490 e. The number of alkyl halides is 1. The average Bonchev–Trinajstić information content (AvgIpc) is 2.39. The van der Waals surface area contributed by atoms with Crippen molar-refractivity contribution in [2.24, 2.45) is 5.41 Å². The minimum atomic E-state index is 0.242. The zero-order valence-electron chi connectivity index (χ0n) is 11.2. The molecule has 3 heteroatoms. The lowest BCUT2D eigenvalue weighted by molar-refractivity contribution is -0.0243. The van der Waals surface area contributed by atoms with Crippen LogP contribution in [0, 0.1) is 5.41 Å². The molecule has 1 aromatic carbocycles. The van der Waals surface area contributed by atoms with Crippen molar-refractivity contribution in [3.05, 3.63) is 28.8 Å². The van der Waals surface area contributed by atoms with Crippen LogP contribution in [-0.4, -0.2) is 10.9 Å². The molecule has 1 nitrogen and oxygen atoms in total. The van der Waals surface area contributed by atoms with Crippen LogP contribution in [0.25, 0.3) is 0 Å². The highest BCUT2D eigenvalue weighted by atomic mass is 79.9. The summed E-state index contributed by atoms with van der Waals surface area (Å²) in [6.07, 6.45) is 3.45. The lowest BCUT2D eigenvalue weighted by Gasteiger charge is -2.50. The highest BCUT2D eigenvalue weighted by molar-refractivity contribution is 9.09. The minimum absolute atomic E-state index is 0.242. The van der Waals surface area contributed by atoms with Crippen LogP contribution in [0.5, 0.6) is 5.75 Å². The molecule has 100 valence electrons. The van der Waals surface area contributed by atoms with Crippen LogP contribution < -0.4 is 4.74 Å². The molecule has 1 fully saturated rings. The second-order valence-corrected chi connectivity index (χ2v) is 6.79. The number of benzene rings is 1. The van der Waals surface area contributed by atoms with E-state index in [2.05, 4.69) is 42.8 Å². The molecule has 3 atom stereocenters. The summed E-state index contributed by atoms with van der Waals surface area (Å²) in [5.41, 5.74) is 1.40. The highest BCUT2D eigenvalue weighted by Gasteiger charge is 2.50. The van der Waals surface area contributed by atoms with Crippen LogP contribution >= 0.6 is 27.5 Å². The van der Waals surface area contributed by atoms with E-state index in [1.54, 1.807) is 0 Å². The Hall–Kier alpha value is -0.210. The standard InChI is InChI=1S/C15H20BrClO/c1-4-10-8-11(6-7-12(10)17)18-14-9-13(16)15(14,3)5-2/h6-8,13-14H,4-5,9H2,1-3H3. The van der Waals surface area contributed by atoms with Crippen molar-refractivity contribution in [2.75, 3.05) is 0 Å². The van der Waals surface area contributed by atoms with Gasteiger partial charge < -0.3 is 4.74 Å². The molecule has 1 saturated carbocycles. The van der Waals surface area contributed by atoms with Crippen molar-refractivity contribution in [2.45, 2.75) is 51.0 Å². The van der Waals surface area contributed by atoms with Gasteiger partial charge in [0.25, 0.3) is 0 Å². The molecule has 0 spiro atoms. The van der Waals surface area contributed by atoms with E-state index >= 15 is 0 Å². The van der Waals surface area contributed by atoms with Gasteiger partial charge in [0.1, 0.15) is 11.9 Å². The zero-order valence-corrected chi connectivity index (χ0v) is 13.5. The molecule has 1 aliphatic carbocycles. The number of hydrogen-bond acceptors (Lipinski definition) is 1. The Kier molecular flexibility index (Phi) is 4.28. The van der Waals surface area contributed by atoms with Gasteiger partial charge in [-0.25, -0.2) is 0 Å². The molecule has 3 unspecified atom stereocenters. The first-order valence-electron chi connectivity index (χ1n) is 6.60. The number of halogens is 2. The Labute approximate surface area is 123 Å². The maximum Gasteiger partial charge on any atom is 0.120 e. The predicted molar refractivity (Wildman–Crippen MR) is 81.0 cm³/mol. The van der Waals surface area contributed by atoms with Gasteiger partial charge in [0.15, 0.2) is 0 Å². The van der Waals surface area contributed by atoms with Gasteiger partial charge in [-0.15, -0.1) is 0 Å². The molecule has 1 aliphatic rings. The molecular formula is C15H20BrClO. The van der Waals surface area contributed by atoms with E-state index in [-0.39, 0.29) is 5.41 Å². The van der Waals surface area contributed by atoms with E-state index in [1.165, 1.54) is 0 Å². The van der Waals surface area contributed by atoms with Crippen molar-refractivity contribution in [1.82, 2.24) is 0 Å². The van der Waals surface area contributed by atoms with Gasteiger partial charge in [-0.05, 0) is 43.0 Å².